The zero-order valence-electron chi connectivity index (χ0n) is 9.96. The topological polar surface area (TPSA) is 123 Å². The Balaban J connectivity index is 3.13. The molecular weight excluding hydrogens is 256 g/mol. The molecule has 0 saturated carbocycles. The van der Waals surface area contributed by atoms with Crippen LogP contribution < -0.4 is 10.9 Å². The first-order chi connectivity index (χ1) is 8.19. The van der Waals surface area contributed by atoms with Crippen molar-refractivity contribution in [1.82, 2.24) is 0 Å². The predicted octanol–water partition coefficient (Wildman–Crippen LogP) is 0.0251. The van der Waals surface area contributed by atoms with Gasteiger partial charge in [0.1, 0.15) is 0 Å². The van der Waals surface area contributed by atoms with Gasteiger partial charge in [0.2, 0.25) is 10.0 Å². The monoisotopic (exact) mass is 272 g/mol. The molecule has 1 rings (SSSR count). The quantitative estimate of drug-likeness (QED) is 0.697. The number of carbonyl (C=O) groups is 1. The number of rotatable bonds is 5. The minimum Gasteiger partial charge on any atom is -0.481 e. The Morgan fingerprint density at radius 1 is 1.33 bits per heavy atom. The molecule has 0 aliphatic rings. The molecule has 0 fully saturated rings. The fraction of sp³-hybridized carbons (Fsp3) is 0.364. The van der Waals surface area contributed by atoms with Crippen molar-refractivity contribution in [3.8, 4) is 0 Å². The standard InChI is InChI=1S/C11H16N2O4S/c1-11(7-12,6-10(14)15)8-2-4-9(5-3-8)18(13,16)17/h2-5H,6-7,12H2,1H3,(H,14,15)(H2,13,16,17). The number of carboxylic acid groups (broad SMARTS) is 1. The summed E-state index contributed by atoms with van der Waals surface area (Å²) in [6, 6.07) is 5.77. The molecule has 0 aliphatic heterocycles. The van der Waals surface area contributed by atoms with Crippen molar-refractivity contribution < 1.29 is 18.3 Å². The van der Waals surface area contributed by atoms with E-state index >= 15 is 0 Å². The van der Waals surface area contributed by atoms with Crippen LogP contribution in [0.1, 0.15) is 18.9 Å². The minimum absolute atomic E-state index is 0.0130. The van der Waals surface area contributed by atoms with E-state index in [1.165, 1.54) is 24.3 Å². The number of benzene rings is 1. The van der Waals surface area contributed by atoms with Crippen molar-refractivity contribution in [1.29, 1.82) is 0 Å². The van der Waals surface area contributed by atoms with E-state index in [0.29, 0.717) is 5.56 Å². The number of sulfonamides is 1. The lowest BCUT2D eigenvalue weighted by Gasteiger charge is -2.26. The molecule has 0 bridgehead atoms. The Morgan fingerprint density at radius 2 is 1.83 bits per heavy atom. The summed E-state index contributed by atoms with van der Waals surface area (Å²) in [7, 11) is -3.74. The molecule has 5 N–H and O–H groups in total. The van der Waals surface area contributed by atoms with Gasteiger partial charge < -0.3 is 10.8 Å². The number of hydrogen-bond donors (Lipinski definition) is 3. The van der Waals surface area contributed by atoms with Gasteiger partial charge in [-0.2, -0.15) is 0 Å². The molecule has 0 saturated heterocycles. The summed E-state index contributed by atoms with van der Waals surface area (Å²) in [5.41, 5.74) is 5.54. The molecule has 1 aromatic carbocycles. The highest BCUT2D eigenvalue weighted by molar-refractivity contribution is 7.89. The number of carboxylic acids is 1. The number of nitrogens with two attached hydrogens (primary N) is 2. The van der Waals surface area contributed by atoms with Crippen molar-refractivity contribution in [2.24, 2.45) is 10.9 Å². The normalized spacial score (nSPS) is 15.1. The van der Waals surface area contributed by atoms with E-state index in [0.717, 1.165) is 0 Å². The molecule has 7 heteroatoms. The number of aliphatic carboxylic acids is 1. The lowest BCUT2D eigenvalue weighted by molar-refractivity contribution is -0.138. The van der Waals surface area contributed by atoms with Crippen LogP contribution in [-0.4, -0.2) is 26.0 Å². The Kier molecular flexibility index (Phi) is 4.10. The van der Waals surface area contributed by atoms with E-state index in [1.807, 2.05) is 0 Å². The summed E-state index contributed by atoms with van der Waals surface area (Å²) in [6.07, 6.45) is -0.127. The third-order valence-electron chi connectivity index (χ3n) is 2.87. The third kappa shape index (κ3) is 3.28. The summed E-state index contributed by atoms with van der Waals surface area (Å²) in [4.78, 5) is 10.8. The molecule has 0 heterocycles. The molecule has 0 spiro atoms. The number of primary sulfonamides is 1. The van der Waals surface area contributed by atoms with Gasteiger partial charge in [0.15, 0.2) is 0 Å². The van der Waals surface area contributed by atoms with Crippen molar-refractivity contribution in [2.45, 2.75) is 23.7 Å². The van der Waals surface area contributed by atoms with E-state index in [9.17, 15) is 13.2 Å². The highest BCUT2D eigenvalue weighted by Crippen LogP contribution is 2.27. The maximum atomic E-state index is 11.1. The van der Waals surface area contributed by atoms with Gasteiger partial charge in [-0.15, -0.1) is 0 Å². The maximum Gasteiger partial charge on any atom is 0.304 e. The SMILES string of the molecule is CC(CN)(CC(=O)O)c1ccc(S(N)(=O)=O)cc1. The van der Waals surface area contributed by atoms with E-state index < -0.39 is 21.4 Å². The van der Waals surface area contributed by atoms with Crippen molar-refractivity contribution in [3.63, 3.8) is 0 Å². The zero-order chi connectivity index (χ0) is 14.0. The Morgan fingerprint density at radius 3 is 2.17 bits per heavy atom. The molecule has 1 unspecified atom stereocenters. The summed E-state index contributed by atoms with van der Waals surface area (Å²) < 4.78 is 22.2. The molecule has 0 radical (unpaired) electrons. The molecule has 0 aromatic heterocycles. The van der Waals surface area contributed by atoms with Gasteiger partial charge in [-0.3, -0.25) is 4.79 Å². The first-order valence-corrected chi connectivity index (χ1v) is 6.79. The summed E-state index contributed by atoms with van der Waals surface area (Å²) in [5.74, 6) is -0.960. The molecule has 6 nitrogen and oxygen atoms in total. The van der Waals surface area contributed by atoms with Gasteiger partial charge in [0.25, 0.3) is 0 Å². The van der Waals surface area contributed by atoms with Crippen LogP contribution in [-0.2, 0) is 20.2 Å². The largest absolute Gasteiger partial charge is 0.481 e. The van der Waals surface area contributed by atoms with E-state index in [4.69, 9.17) is 16.0 Å². The molecule has 0 amide bonds. The summed E-state index contributed by atoms with van der Waals surface area (Å²) in [6.45, 7) is 1.86. The Hall–Kier alpha value is -1.44. The predicted molar refractivity (Wildman–Crippen MR) is 66.5 cm³/mol. The van der Waals surface area contributed by atoms with Crippen molar-refractivity contribution in [2.75, 3.05) is 6.54 Å². The molecule has 100 valence electrons. The van der Waals surface area contributed by atoms with Crippen molar-refractivity contribution in [3.05, 3.63) is 29.8 Å². The number of hydrogen-bond acceptors (Lipinski definition) is 4. The third-order valence-corrected chi connectivity index (χ3v) is 3.80. The minimum atomic E-state index is -3.74. The zero-order valence-corrected chi connectivity index (χ0v) is 10.8. The lowest BCUT2D eigenvalue weighted by Crippen LogP contribution is -2.34. The second-order valence-electron chi connectivity index (χ2n) is 4.40. The van der Waals surface area contributed by atoms with Crippen LogP contribution in [0.2, 0.25) is 0 Å². The molecule has 18 heavy (non-hydrogen) atoms. The van der Waals surface area contributed by atoms with Gasteiger partial charge in [-0.05, 0) is 17.7 Å². The van der Waals surface area contributed by atoms with Crippen molar-refractivity contribution >= 4 is 16.0 Å². The van der Waals surface area contributed by atoms with Crippen LogP contribution in [0.4, 0.5) is 0 Å². The van der Waals surface area contributed by atoms with E-state index in [2.05, 4.69) is 0 Å². The van der Waals surface area contributed by atoms with Gasteiger partial charge in [0, 0.05) is 12.0 Å². The molecule has 1 aromatic rings. The first-order valence-electron chi connectivity index (χ1n) is 5.24. The van der Waals surface area contributed by atoms with Gasteiger partial charge in [-0.1, -0.05) is 19.1 Å². The fourth-order valence-electron chi connectivity index (χ4n) is 1.67. The lowest BCUT2D eigenvalue weighted by atomic mass is 9.80. The molecule has 0 aliphatic carbocycles. The van der Waals surface area contributed by atoms with Crippen LogP contribution in [0.25, 0.3) is 0 Å². The second kappa shape index (κ2) is 5.05. The van der Waals surface area contributed by atoms with E-state index in [-0.39, 0.29) is 17.9 Å². The smallest absolute Gasteiger partial charge is 0.304 e. The maximum absolute atomic E-state index is 11.1. The first kappa shape index (κ1) is 14.6. The average molecular weight is 272 g/mol. The van der Waals surface area contributed by atoms with Crippen LogP contribution >= 0.6 is 0 Å². The van der Waals surface area contributed by atoms with Crippen LogP contribution in [0, 0.1) is 0 Å². The van der Waals surface area contributed by atoms with Gasteiger partial charge >= 0.3 is 5.97 Å². The van der Waals surface area contributed by atoms with Crippen LogP contribution in [0.15, 0.2) is 29.2 Å². The highest BCUT2D eigenvalue weighted by Gasteiger charge is 2.28. The van der Waals surface area contributed by atoms with Crippen LogP contribution in [0.3, 0.4) is 0 Å². The summed E-state index contributed by atoms with van der Waals surface area (Å²) >= 11 is 0. The average Bonchev–Trinajstić information content (AvgIpc) is 2.27. The highest BCUT2D eigenvalue weighted by atomic mass is 32.2. The Bertz CT molecular complexity index is 539. The van der Waals surface area contributed by atoms with Crippen LogP contribution in [0.5, 0.6) is 0 Å². The Labute approximate surface area is 106 Å². The second-order valence-corrected chi connectivity index (χ2v) is 5.97. The molecule has 1 atom stereocenters. The molecular formula is C11H16N2O4S. The van der Waals surface area contributed by atoms with Gasteiger partial charge in [-0.25, -0.2) is 13.6 Å². The van der Waals surface area contributed by atoms with E-state index in [1.54, 1.807) is 6.92 Å². The van der Waals surface area contributed by atoms with Gasteiger partial charge in [0.05, 0.1) is 11.3 Å². The fourth-order valence-corrected chi connectivity index (χ4v) is 2.19. The summed E-state index contributed by atoms with van der Waals surface area (Å²) in [5, 5.41) is 13.8.